The number of fused-ring (bicyclic) bond motifs is 1. The standard InChI is InChI=1S/C15H12N2O/c16-13-14(10-6-2-1-3-7-10)17-12-9-5-4-8-11(12)15(13)18/h1-9H,16H2,(H,17,18). The number of para-hydroxylation sites is 1. The maximum Gasteiger partial charge on any atom is 0.212 e. The van der Waals surface area contributed by atoms with Crippen molar-refractivity contribution in [2.45, 2.75) is 0 Å². The number of hydrogen-bond acceptors (Lipinski definition) is 2. The highest BCUT2D eigenvalue weighted by Gasteiger charge is 2.09. The third kappa shape index (κ3) is 1.57. The monoisotopic (exact) mass is 236 g/mol. The fourth-order valence-corrected chi connectivity index (χ4v) is 2.08. The Morgan fingerprint density at radius 3 is 2.33 bits per heavy atom. The molecule has 0 fully saturated rings. The Morgan fingerprint density at radius 2 is 1.56 bits per heavy atom. The molecule has 3 heteroatoms. The molecule has 0 radical (unpaired) electrons. The van der Waals surface area contributed by atoms with Crippen LogP contribution in [-0.2, 0) is 0 Å². The van der Waals surface area contributed by atoms with Gasteiger partial charge in [-0.05, 0) is 12.1 Å². The van der Waals surface area contributed by atoms with E-state index in [1.54, 1.807) is 6.07 Å². The Bertz CT molecular complexity index is 760. The third-order valence-corrected chi connectivity index (χ3v) is 3.01. The van der Waals surface area contributed by atoms with Gasteiger partial charge in [0, 0.05) is 16.5 Å². The van der Waals surface area contributed by atoms with E-state index in [0.717, 1.165) is 11.1 Å². The maximum absolute atomic E-state index is 12.2. The molecule has 18 heavy (non-hydrogen) atoms. The molecule has 0 aliphatic heterocycles. The van der Waals surface area contributed by atoms with Gasteiger partial charge in [0.1, 0.15) is 5.69 Å². The summed E-state index contributed by atoms with van der Waals surface area (Å²) in [6.45, 7) is 0. The molecule has 0 unspecified atom stereocenters. The number of H-pyrrole nitrogens is 1. The average Bonchev–Trinajstić information content (AvgIpc) is 2.44. The van der Waals surface area contributed by atoms with Crippen LogP contribution in [0.1, 0.15) is 0 Å². The van der Waals surface area contributed by atoms with E-state index >= 15 is 0 Å². The highest BCUT2D eigenvalue weighted by atomic mass is 16.1. The third-order valence-electron chi connectivity index (χ3n) is 3.01. The van der Waals surface area contributed by atoms with E-state index in [-0.39, 0.29) is 11.1 Å². The van der Waals surface area contributed by atoms with Crippen LogP contribution < -0.4 is 11.2 Å². The Morgan fingerprint density at radius 1 is 0.889 bits per heavy atom. The van der Waals surface area contributed by atoms with Crippen molar-refractivity contribution in [2.75, 3.05) is 5.73 Å². The first-order chi connectivity index (χ1) is 8.77. The Labute approximate surface area is 104 Å². The number of nitrogens with one attached hydrogen (secondary N) is 1. The van der Waals surface area contributed by atoms with Gasteiger partial charge in [0.25, 0.3) is 0 Å². The predicted octanol–water partition coefficient (Wildman–Crippen LogP) is 2.78. The van der Waals surface area contributed by atoms with E-state index < -0.39 is 0 Å². The lowest BCUT2D eigenvalue weighted by Gasteiger charge is -2.08. The van der Waals surface area contributed by atoms with Crippen molar-refractivity contribution in [3.8, 4) is 11.3 Å². The van der Waals surface area contributed by atoms with Crippen molar-refractivity contribution in [3.05, 3.63) is 64.8 Å². The molecule has 1 heterocycles. The van der Waals surface area contributed by atoms with Crippen LogP contribution in [0.2, 0.25) is 0 Å². The van der Waals surface area contributed by atoms with Crippen LogP contribution in [-0.4, -0.2) is 4.98 Å². The summed E-state index contributed by atoms with van der Waals surface area (Å²) < 4.78 is 0. The molecule has 88 valence electrons. The van der Waals surface area contributed by atoms with Crippen LogP contribution in [0.15, 0.2) is 59.4 Å². The fraction of sp³-hybridized carbons (Fsp3) is 0. The number of aromatic nitrogens is 1. The van der Waals surface area contributed by atoms with E-state index in [2.05, 4.69) is 4.98 Å². The van der Waals surface area contributed by atoms with Gasteiger partial charge in [0.2, 0.25) is 5.43 Å². The Kier molecular flexibility index (Phi) is 2.38. The molecule has 0 atom stereocenters. The summed E-state index contributed by atoms with van der Waals surface area (Å²) >= 11 is 0. The van der Waals surface area contributed by atoms with Crippen LogP contribution in [0.25, 0.3) is 22.2 Å². The van der Waals surface area contributed by atoms with E-state index in [4.69, 9.17) is 5.73 Å². The van der Waals surface area contributed by atoms with E-state index in [0.29, 0.717) is 11.1 Å². The molecule has 3 nitrogen and oxygen atoms in total. The van der Waals surface area contributed by atoms with Crippen molar-refractivity contribution in [1.29, 1.82) is 0 Å². The average molecular weight is 236 g/mol. The molecular weight excluding hydrogens is 224 g/mol. The van der Waals surface area contributed by atoms with E-state index in [1.165, 1.54) is 0 Å². The second-order valence-electron chi connectivity index (χ2n) is 4.15. The number of rotatable bonds is 1. The SMILES string of the molecule is Nc1c(-c2ccccc2)[nH]c2ccccc2c1=O. The molecule has 0 aliphatic carbocycles. The van der Waals surface area contributed by atoms with Gasteiger partial charge in [0.05, 0.1) is 5.69 Å². The molecule has 1 aromatic heterocycles. The summed E-state index contributed by atoms with van der Waals surface area (Å²) in [5.41, 5.74) is 8.47. The fourth-order valence-electron chi connectivity index (χ4n) is 2.08. The lowest BCUT2D eigenvalue weighted by Crippen LogP contribution is -2.11. The molecule has 3 aromatic rings. The minimum absolute atomic E-state index is 0.122. The van der Waals surface area contributed by atoms with Gasteiger partial charge in [0.15, 0.2) is 0 Å². The van der Waals surface area contributed by atoms with Gasteiger partial charge in [-0.15, -0.1) is 0 Å². The largest absolute Gasteiger partial charge is 0.394 e. The molecule has 0 saturated heterocycles. The molecule has 0 amide bonds. The van der Waals surface area contributed by atoms with Crippen molar-refractivity contribution in [1.82, 2.24) is 4.98 Å². The zero-order chi connectivity index (χ0) is 12.5. The van der Waals surface area contributed by atoms with Gasteiger partial charge < -0.3 is 10.7 Å². The van der Waals surface area contributed by atoms with Gasteiger partial charge in [-0.25, -0.2) is 0 Å². The van der Waals surface area contributed by atoms with Crippen molar-refractivity contribution >= 4 is 16.6 Å². The number of benzene rings is 2. The van der Waals surface area contributed by atoms with Gasteiger partial charge in [-0.2, -0.15) is 0 Å². The number of hydrogen-bond donors (Lipinski definition) is 2. The van der Waals surface area contributed by atoms with Crippen LogP contribution in [0.3, 0.4) is 0 Å². The summed E-state index contributed by atoms with van der Waals surface area (Å²) in [7, 11) is 0. The Balaban J connectivity index is 2.38. The van der Waals surface area contributed by atoms with Crippen molar-refractivity contribution in [2.24, 2.45) is 0 Å². The topological polar surface area (TPSA) is 58.9 Å². The van der Waals surface area contributed by atoms with Gasteiger partial charge in [-0.3, -0.25) is 4.79 Å². The van der Waals surface area contributed by atoms with Crippen molar-refractivity contribution < 1.29 is 0 Å². The summed E-state index contributed by atoms with van der Waals surface area (Å²) in [6.07, 6.45) is 0. The molecule has 0 saturated carbocycles. The molecule has 0 bridgehead atoms. The van der Waals surface area contributed by atoms with Crippen molar-refractivity contribution in [3.63, 3.8) is 0 Å². The summed E-state index contributed by atoms with van der Waals surface area (Å²) in [4.78, 5) is 15.4. The first-order valence-corrected chi connectivity index (χ1v) is 5.73. The Hall–Kier alpha value is -2.55. The zero-order valence-corrected chi connectivity index (χ0v) is 9.68. The second kappa shape index (κ2) is 4.04. The number of nitrogens with two attached hydrogens (primary N) is 1. The minimum atomic E-state index is -0.122. The van der Waals surface area contributed by atoms with Crippen LogP contribution >= 0.6 is 0 Å². The van der Waals surface area contributed by atoms with E-state index in [1.807, 2.05) is 48.5 Å². The number of anilines is 1. The molecule has 3 N–H and O–H groups in total. The highest BCUT2D eigenvalue weighted by Crippen LogP contribution is 2.23. The normalized spacial score (nSPS) is 10.7. The minimum Gasteiger partial charge on any atom is -0.394 e. The quantitative estimate of drug-likeness (QED) is 0.682. The van der Waals surface area contributed by atoms with Crippen LogP contribution in [0.4, 0.5) is 5.69 Å². The molecule has 0 aliphatic rings. The second-order valence-corrected chi connectivity index (χ2v) is 4.15. The molecule has 3 rings (SSSR count). The lowest BCUT2D eigenvalue weighted by molar-refractivity contribution is 1.38. The first kappa shape index (κ1) is 10.6. The van der Waals surface area contributed by atoms with Crippen LogP contribution in [0, 0.1) is 0 Å². The summed E-state index contributed by atoms with van der Waals surface area (Å²) in [5, 5.41) is 0.620. The lowest BCUT2D eigenvalue weighted by atomic mass is 10.1. The molecule has 2 aromatic carbocycles. The molecule has 0 spiro atoms. The number of pyridine rings is 1. The maximum atomic E-state index is 12.2. The molecular formula is C15H12N2O. The van der Waals surface area contributed by atoms with Crippen LogP contribution in [0.5, 0.6) is 0 Å². The first-order valence-electron chi connectivity index (χ1n) is 5.73. The zero-order valence-electron chi connectivity index (χ0n) is 9.68. The van der Waals surface area contributed by atoms with E-state index in [9.17, 15) is 4.79 Å². The highest BCUT2D eigenvalue weighted by molar-refractivity contribution is 5.87. The smallest absolute Gasteiger partial charge is 0.212 e. The number of nitrogen functional groups attached to an aromatic ring is 1. The summed E-state index contributed by atoms with van der Waals surface area (Å²) in [6, 6.07) is 17.0. The van der Waals surface area contributed by atoms with Gasteiger partial charge in [-0.1, -0.05) is 42.5 Å². The predicted molar refractivity (Wildman–Crippen MR) is 74.4 cm³/mol. The van der Waals surface area contributed by atoms with Gasteiger partial charge >= 0.3 is 0 Å². The summed E-state index contributed by atoms with van der Waals surface area (Å²) in [5.74, 6) is 0. The number of aromatic amines is 1.